The Labute approximate surface area is 106 Å². The summed E-state index contributed by atoms with van der Waals surface area (Å²) in [5, 5.41) is 14.2. The minimum absolute atomic E-state index is 0.0168. The zero-order chi connectivity index (χ0) is 13.7. The lowest BCUT2D eigenvalue weighted by Gasteiger charge is -2.24. The topological polar surface area (TPSA) is 91.0 Å². The van der Waals surface area contributed by atoms with Gasteiger partial charge in [0, 0.05) is 12.7 Å². The third-order valence-corrected chi connectivity index (χ3v) is 2.71. The van der Waals surface area contributed by atoms with Crippen LogP contribution in [-0.4, -0.2) is 35.1 Å². The van der Waals surface area contributed by atoms with E-state index in [1.165, 1.54) is 4.90 Å². The molecule has 1 atom stereocenters. The van der Waals surface area contributed by atoms with Crippen LogP contribution in [0.2, 0.25) is 0 Å². The number of likely N-dealkylation sites (N-methyl/N-ethyl adjacent to an activating group) is 1. The van der Waals surface area contributed by atoms with Crippen LogP contribution in [0, 0.1) is 6.92 Å². The van der Waals surface area contributed by atoms with Crippen molar-refractivity contribution in [1.29, 1.82) is 0 Å². The van der Waals surface area contributed by atoms with Gasteiger partial charge in [-0.3, -0.25) is 0 Å². The van der Waals surface area contributed by atoms with Gasteiger partial charge in [-0.1, -0.05) is 17.3 Å². The Morgan fingerprint density at radius 3 is 2.78 bits per heavy atom. The maximum atomic E-state index is 11.9. The second kappa shape index (κ2) is 5.90. The zero-order valence-corrected chi connectivity index (χ0v) is 10.7. The molecule has 0 bridgehead atoms. The van der Waals surface area contributed by atoms with Gasteiger partial charge in [0.05, 0.1) is 6.04 Å². The van der Waals surface area contributed by atoms with E-state index >= 15 is 0 Å². The van der Waals surface area contributed by atoms with E-state index in [0.29, 0.717) is 5.69 Å². The number of anilines is 1. The van der Waals surface area contributed by atoms with Crippen LogP contribution in [0.3, 0.4) is 0 Å². The average Bonchev–Trinajstić information content (AvgIpc) is 2.36. The largest absolute Gasteiger partial charge is 0.409 e. The molecular weight excluding hydrogens is 232 g/mol. The molecule has 2 amide bonds. The highest BCUT2D eigenvalue weighted by Gasteiger charge is 2.19. The maximum absolute atomic E-state index is 11.9. The molecule has 6 nitrogen and oxygen atoms in total. The SMILES string of the molecule is Cc1cccc(NC(=O)N(C)C(C)C(N)=NO)c1. The highest BCUT2D eigenvalue weighted by Crippen LogP contribution is 2.10. The molecule has 0 spiro atoms. The van der Waals surface area contributed by atoms with Crippen LogP contribution in [0.5, 0.6) is 0 Å². The lowest BCUT2D eigenvalue weighted by atomic mass is 10.2. The minimum Gasteiger partial charge on any atom is -0.409 e. The van der Waals surface area contributed by atoms with Gasteiger partial charge in [-0.2, -0.15) is 0 Å². The van der Waals surface area contributed by atoms with Gasteiger partial charge >= 0.3 is 6.03 Å². The van der Waals surface area contributed by atoms with E-state index in [1.807, 2.05) is 25.1 Å². The van der Waals surface area contributed by atoms with Crippen molar-refractivity contribution in [2.24, 2.45) is 10.9 Å². The molecule has 1 rings (SSSR count). The summed E-state index contributed by atoms with van der Waals surface area (Å²) in [6.45, 7) is 3.61. The molecule has 0 saturated carbocycles. The number of amides is 2. The van der Waals surface area contributed by atoms with Crippen molar-refractivity contribution in [3.8, 4) is 0 Å². The second-order valence-corrected chi connectivity index (χ2v) is 4.11. The van der Waals surface area contributed by atoms with E-state index in [1.54, 1.807) is 20.0 Å². The Hall–Kier alpha value is -2.24. The summed E-state index contributed by atoms with van der Waals surface area (Å²) in [6.07, 6.45) is 0. The molecule has 0 radical (unpaired) electrons. The van der Waals surface area contributed by atoms with E-state index in [2.05, 4.69) is 10.5 Å². The highest BCUT2D eigenvalue weighted by atomic mass is 16.4. The minimum atomic E-state index is -0.486. The first kappa shape index (κ1) is 13.8. The summed E-state index contributed by atoms with van der Waals surface area (Å²) in [5.41, 5.74) is 7.21. The Kier molecular flexibility index (Phi) is 4.53. The summed E-state index contributed by atoms with van der Waals surface area (Å²) in [6, 6.07) is 6.66. The van der Waals surface area contributed by atoms with E-state index in [-0.39, 0.29) is 11.9 Å². The van der Waals surface area contributed by atoms with Crippen molar-refractivity contribution in [2.45, 2.75) is 19.9 Å². The number of rotatable bonds is 3. The van der Waals surface area contributed by atoms with Crippen LogP contribution in [-0.2, 0) is 0 Å². The van der Waals surface area contributed by atoms with Gasteiger partial charge in [0.25, 0.3) is 0 Å². The zero-order valence-electron chi connectivity index (χ0n) is 10.7. The normalized spacial score (nSPS) is 12.9. The van der Waals surface area contributed by atoms with Gasteiger partial charge in [-0.15, -0.1) is 0 Å². The van der Waals surface area contributed by atoms with E-state index < -0.39 is 6.04 Å². The molecule has 4 N–H and O–H groups in total. The molecule has 1 aromatic rings. The number of hydrogen-bond donors (Lipinski definition) is 3. The summed E-state index contributed by atoms with van der Waals surface area (Å²) in [7, 11) is 1.58. The van der Waals surface area contributed by atoms with E-state index in [9.17, 15) is 4.79 Å². The Morgan fingerprint density at radius 2 is 2.22 bits per heavy atom. The molecule has 0 aliphatic heterocycles. The molecule has 0 aliphatic carbocycles. The second-order valence-electron chi connectivity index (χ2n) is 4.11. The number of amidine groups is 1. The number of benzene rings is 1. The predicted octanol–water partition coefficient (Wildman–Crippen LogP) is 1.59. The molecule has 1 unspecified atom stereocenters. The monoisotopic (exact) mass is 250 g/mol. The molecular formula is C12H18N4O2. The third kappa shape index (κ3) is 3.38. The van der Waals surface area contributed by atoms with Crippen LogP contribution < -0.4 is 11.1 Å². The third-order valence-electron chi connectivity index (χ3n) is 2.71. The lowest BCUT2D eigenvalue weighted by molar-refractivity contribution is 0.217. The number of aryl methyl sites for hydroxylation is 1. The van der Waals surface area contributed by atoms with Gasteiger partial charge in [0.1, 0.15) is 0 Å². The number of nitrogens with zero attached hydrogens (tertiary/aromatic N) is 2. The van der Waals surface area contributed by atoms with E-state index in [0.717, 1.165) is 5.56 Å². The van der Waals surface area contributed by atoms with Crippen molar-refractivity contribution in [3.05, 3.63) is 29.8 Å². The molecule has 1 aromatic carbocycles. The molecule has 0 saturated heterocycles. The maximum Gasteiger partial charge on any atom is 0.322 e. The fourth-order valence-electron chi connectivity index (χ4n) is 1.39. The van der Waals surface area contributed by atoms with Crippen LogP contribution in [0.4, 0.5) is 10.5 Å². The van der Waals surface area contributed by atoms with Crippen LogP contribution >= 0.6 is 0 Å². The smallest absolute Gasteiger partial charge is 0.322 e. The molecule has 0 aromatic heterocycles. The standard InChI is InChI=1S/C12H18N4O2/c1-8-5-4-6-10(7-8)14-12(17)16(3)9(2)11(13)15-18/h4-7,9,18H,1-3H3,(H2,13,15)(H,14,17). The van der Waals surface area contributed by atoms with Crippen LogP contribution in [0.25, 0.3) is 0 Å². The Morgan fingerprint density at radius 1 is 1.56 bits per heavy atom. The molecule has 0 aliphatic rings. The fourth-order valence-corrected chi connectivity index (χ4v) is 1.39. The number of carbonyl (C=O) groups is 1. The van der Waals surface area contributed by atoms with Crippen LogP contribution in [0.1, 0.15) is 12.5 Å². The number of urea groups is 1. The summed E-state index contributed by atoms with van der Waals surface area (Å²) in [5.74, 6) is -0.0168. The van der Waals surface area contributed by atoms with Crippen molar-refractivity contribution in [2.75, 3.05) is 12.4 Å². The first-order valence-corrected chi connectivity index (χ1v) is 5.53. The van der Waals surface area contributed by atoms with Crippen LogP contribution in [0.15, 0.2) is 29.4 Å². The van der Waals surface area contributed by atoms with Gasteiger partial charge in [0.15, 0.2) is 5.84 Å². The average molecular weight is 250 g/mol. The highest BCUT2D eigenvalue weighted by molar-refractivity contribution is 5.94. The molecule has 0 heterocycles. The quantitative estimate of drug-likeness (QED) is 0.329. The Balaban J connectivity index is 2.71. The number of carbonyl (C=O) groups excluding carboxylic acids is 1. The van der Waals surface area contributed by atoms with Crippen molar-refractivity contribution >= 4 is 17.6 Å². The molecule has 6 heteroatoms. The number of oxime groups is 1. The molecule has 98 valence electrons. The van der Waals surface area contributed by atoms with Crippen molar-refractivity contribution in [3.63, 3.8) is 0 Å². The van der Waals surface area contributed by atoms with Gasteiger partial charge in [-0.05, 0) is 31.5 Å². The number of hydrogen-bond acceptors (Lipinski definition) is 3. The molecule has 18 heavy (non-hydrogen) atoms. The summed E-state index contributed by atoms with van der Waals surface area (Å²) in [4.78, 5) is 13.3. The number of nitrogens with two attached hydrogens (primary N) is 1. The fraction of sp³-hybridized carbons (Fsp3) is 0.333. The van der Waals surface area contributed by atoms with Gasteiger partial charge in [0.2, 0.25) is 0 Å². The predicted molar refractivity (Wildman–Crippen MR) is 70.8 cm³/mol. The molecule has 0 fully saturated rings. The first-order chi connectivity index (χ1) is 8.45. The van der Waals surface area contributed by atoms with Crippen molar-refractivity contribution < 1.29 is 10.0 Å². The van der Waals surface area contributed by atoms with Gasteiger partial charge in [-0.25, -0.2) is 4.79 Å². The lowest BCUT2D eigenvalue weighted by Crippen LogP contribution is -2.45. The van der Waals surface area contributed by atoms with E-state index in [4.69, 9.17) is 10.9 Å². The Bertz CT molecular complexity index is 459. The van der Waals surface area contributed by atoms with Gasteiger partial charge < -0.3 is 21.2 Å². The summed E-state index contributed by atoms with van der Waals surface area (Å²) < 4.78 is 0. The number of nitrogens with one attached hydrogen (secondary N) is 1. The summed E-state index contributed by atoms with van der Waals surface area (Å²) >= 11 is 0. The van der Waals surface area contributed by atoms with Crippen molar-refractivity contribution in [1.82, 2.24) is 4.90 Å². The first-order valence-electron chi connectivity index (χ1n) is 5.53.